The minimum atomic E-state index is -0.572. The third-order valence-electron chi connectivity index (χ3n) is 3.08. The van der Waals surface area contributed by atoms with Crippen LogP contribution >= 0.6 is 0 Å². The highest BCUT2D eigenvalue weighted by Gasteiger charge is 2.28. The van der Waals surface area contributed by atoms with Crippen LogP contribution in [0.2, 0.25) is 0 Å². The Morgan fingerprint density at radius 2 is 2.18 bits per heavy atom. The Bertz CT molecular complexity index is 380. The van der Waals surface area contributed by atoms with Crippen molar-refractivity contribution in [1.82, 2.24) is 4.90 Å². The van der Waals surface area contributed by atoms with E-state index < -0.39 is 6.04 Å². The third-order valence-corrected chi connectivity index (χ3v) is 3.08. The van der Waals surface area contributed by atoms with Gasteiger partial charge in [0.25, 0.3) is 0 Å². The average Bonchev–Trinajstić information content (AvgIpc) is 2.39. The number of rotatable bonds is 2. The predicted molar refractivity (Wildman–Crippen MR) is 65.4 cm³/mol. The lowest BCUT2D eigenvalue weighted by molar-refractivity contribution is -0.140. The maximum absolute atomic E-state index is 12.3. The molecule has 17 heavy (non-hydrogen) atoms. The molecule has 92 valence electrons. The van der Waals surface area contributed by atoms with E-state index in [-0.39, 0.29) is 11.9 Å². The van der Waals surface area contributed by atoms with Crippen LogP contribution in [0.1, 0.15) is 18.5 Å². The molecule has 1 aromatic carbocycles. The molecule has 1 amide bonds. The van der Waals surface area contributed by atoms with Crippen LogP contribution in [0.3, 0.4) is 0 Å². The molecule has 2 rings (SSSR count). The average molecular weight is 234 g/mol. The third kappa shape index (κ3) is 2.65. The minimum absolute atomic E-state index is 0.0213. The lowest BCUT2D eigenvalue weighted by atomic mass is 10.1. The van der Waals surface area contributed by atoms with Crippen molar-refractivity contribution < 1.29 is 9.53 Å². The van der Waals surface area contributed by atoms with Gasteiger partial charge in [-0.1, -0.05) is 30.3 Å². The first-order valence-corrected chi connectivity index (χ1v) is 5.89. The summed E-state index contributed by atoms with van der Waals surface area (Å²) in [6.07, 6.45) is 0. The first-order chi connectivity index (χ1) is 8.20. The lowest BCUT2D eigenvalue weighted by Gasteiger charge is -2.35. The largest absolute Gasteiger partial charge is 0.377 e. The molecule has 0 unspecified atom stereocenters. The molecule has 1 heterocycles. The second-order valence-corrected chi connectivity index (χ2v) is 4.34. The van der Waals surface area contributed by atoms with Gasteiger partial charge in [0, 0.05) is 6.54 Å². The number of nitrogens with zero attached hydrogens (tertiary/aromatic N) is 1. The van der Waals surface area contributed by atoms with Gasteiger partial charge in [-0.3, -0.25) is 4.79 Å². The van der Waals surface area contributed by atoms with Crippen LogP contribution in [-0.4, -0.2) is 36.6 Å². The van der Waals surface area contributed by atoms with Crippen molar-refractivity contribution in [3.8, 4) is 0 Å². The number of amides is 1. The Morgan fingerprint density at radius 1 is 1.47 bits per heavy atom. The van der Waals surface area contributed by atoms with E-state index >= 15 is 0 Å². The van der Waals surface area contributed by atoms with Crippen LogP contribution in [0, 0.1) is 0 Å². The summed E-state index contributed by atoms with van der Waals surface area (Å²) in [5, 5.41) is 0. The lowest BCUT2D eigenvalue weighted by Crippen LogP contribution is -2.50. The number of morpholine rings is 1. The van der Waals surface area contributed by atoms with E-state index in [2.05, 4.69) is 0 Å². The number of hydrogen-bond acceptors (Lipinski definition) is 3. The van der Waals surface area contributed by atoms with Crippen molar-refractivity contribution in [1.29, 1.82) is 0 Å². The first kappa shape index (κ1) is 12.1. The molecule has 0 aromatic heterocycles. The zero-order valence-corrected chi connectivity index (χ0v) is 10.0. The van der Waals surface area contributed by atoms with E-state index in [1.54, 1.807) is 4.90 Å². The Kier molecular flexibility index (Phi) is 3.76. The highest BCUT2D eigenvalue weighted by Crippen LogP contribution is 2.16. The molecule has 0 spiro atoms. The predicted octanol–water partition coefficient (Wildman–Crippen LogP) is 0.934. The summed E-state index contributed by atoms with van der Waals surface area (Å²) in [4.78, 5) is 14.1. The van der Waals surface area contributed by atoms with E-state index in [1.807, 2.05) is 37.3 Å². The van der Waals surface area contributed by atoms with Gasteiger partial charge in [0.05, 0.1) is 19.3 Å². The Morgan fingerprint density at radius 3 is 2.82 bits per heavy atom. The number of carbonyl (C=O) groups excluding carboxylic acids is 1. The van der Waals surface area contributed by atoms with Crippen molar-refractivity contribution in [3.05, 3.63) is 35.9 Å². The van der Waals surface area contributed by atoms with Gasteiger partial charge in [-0.15, -0.1) is 0 Å². The van der Waals surface area contributed by atoms with E-state index in [0.717, 1.165) is 5.56 Å². The van der Waals surface area contributed by atoms with E-state index in [9.17, 15) is 4.79 Å². The molecule has 0 aliphatic carbocycles. The number of benzene rings is 1. The summed E-state index contributed by atoms with van der Waals surface area (Å²) < 4.78 is 5.31. The normalized spacial score (nSPS) is 22.2. The molecular weight excluding hydrogens is 216 g/mol. The number of nitrogens with two attached hydrogens (primary N) is 1. The van der Waals surface area contributed by atoms with E-state index in [1.165, 1.54) is 0 Å². The first-order valence-electron chi connectivity index (χ1n) is 5.89. The molecule has 1 fully saturated rings. The van der Waals surface area contributed by atoms with Crippen molar-refractivity contribution >= 4 is 5.91 Å². The Balaban J connectivity index is 2.09. The fraction of sp³-hybridized carbons (Fsp3) is 0.462. The zero-order valence-electron chi connectivity index (χ0n) is 10.0. The van der Waals surface area contributed by atoms with Crippen molar-refractivity contribution in [2.24, 2.45) is 5.73 Å². The van der Waals surface area contributed by atoms with Gasteiger partial charge in [0.15, 0.2) is 0 Å². The molecule has 2 N–H and O–H groups in total. The number of hydrogen-bond donors (Lipinski definition) is 1. The Labute approximate surface area is 101 Å². The van der Waals surface area contributed by atoms with Crippen LogP contribution in [0.5, 0.6) is 0 Å². The fourth-order valence-corrected chi connectivity index (χ4v) is 2.04. The van der Waals surface area contributed by atoms with Crippen LogP contribution < -0.4 is 5.73 Å². The molecule has 4 heteroatoms. The molecule has 0 saturated carbocycles. The molecule has 1 aliphatic heterocycles. The summed E-state index contributed by atoms with van der Waals surface area (Å²) in [5.74, 6) is -0.0213. The summed E-state index contributed by atoms with van der Waals surface area (Å²) in [7, 11) is 0. The quantitative estimate of drug-likeness (QED) is 0.828. The van der Waals surface area contributed by atoms with Gasteiger partial charge in [-0.05, 0) is 12.5 Å². The summed E-state index contributed by atoms with van der Waals surface area (Å²) >= 11 is 0. The molecule has 1 saturated heterocycles. The molecule has 0 radical (unpaired) electrons. The molecule has 1 aromatic rings. The molecule has 2 atom stereocenters. The van der Waals surface area contributed by atoms with Crippen molar-refractivity contribution in [2.45, 2.75) is 19.0 Å². The summed E-state index contributed by atoms with van der Waals surface area (Å²) in [6.45, 7) is 3.79. The molecule has 1 aliphatic rings. The second-order valence-electron chi connectivity index (χ2n) is 4.34. The standard InChI is InChI=1S/C13H18N2O2/c1-10-9-17-8-7-15(10)13(16)12(14)11-5-3-2-4-6-11/h2-6,10,12H,7-9,14H2,1H3/t10-,12-/m1/s1. The van der Waals surface area contributed by atoms with Gasteiger partial charge in [-0.25, -0.2) is 0 Å². The molecule has 0 bridgehead atoms. The number of ether oxygens (including phenoxy) is 1. The number of carbonyl (C=O) groups is 1. The van der Waals surface area contributed by atoms with Crippen LogP contribution in [-0.2, 0) is 9.53 Å². The monoisotopic (exact) mass is 234 g/mol. The topological polar surface area (TPSA) is 55.6 Å². The Hall–Kier alpha value is -1.39. The van der Waals surface area contributed by atoms with E-state index in [4.69, 9.17) is 10.5 Å². The van der Waals surface area contributed by atoms with Crippen molar-refractivity contribution in [2.75, 3.05) is 19.8 Å². The fourth-order valence-electron chi connectivity index (χ4n) is 2.04. The van der Waals surface area contributed by atoms with Gasteiger partial charge in [0.1, 0.15) is 6.04 Å². The van der Waals surface area contributed by atoms with Gasteiger partial charge in [0.2, 0.25) is 5.91 Å². The SMILES string of the molecule is C[C@@H]1COCCN1C(=O)[C@H](N)c1ccccc1. The zero-order chi connectivity index (χ0) is 12.3. The minimum Gasteiger partial charge on any atom is -0.377 e. The highest BCUT2D eigenvalue weighted by atomic mass is 16.5. The maximum atomic E-state index is 12.3. The molecular formula is C13H18N2O2. The van der Waals surface area contributed by atoms with Crippen LogP contribution in [0.25, 0.3) is 0 Å². The smallest absolute Gasteiger partial charge is 0.244 e. The van der Waals surface area contributed by atoms with Crippen LogP contribution in [0.15, 0.2) is 30.3 Å². The van der Waals surface area contributed by atoms with Crippen LogP contribution in [0.4, 0.5) is 0 Å². The van der Waals surface area contributed by atoms with Crippen molar-refractivity contribution in [3.63, 3.8) is 0 Å². The summed E-state index contributed by atoms with van der Waals surface area (Å²) in [6, 6.07) is 9.00. The van der Waals surface area contributed by atoms with E-state index in [0.29, 0.717) is 19.8 Å². The van der Waals surface area contributed by atoms with Gasteiger partial charge >= 0.3 is 0 Å². The van der Waals surface area contributed by atoms with Gasteiger partial charge in [-0.2, -0.15) is 0 Å². The second kappa shape index (κ2) is 5.29. The molecule has 4 nitrogen and oxygen atoms in total. The van der Waals surface area contributed by atoms with Gasteiger partial charge < -0.3 is 15.4 Å². The highest BCUT2D eigenvalue weighted by molar-refractivity contribution is 5.83. The summed E-state index contributed by atoms with van der Waals surface area (Å²) in [5.41, 5.74) is 6.86. The maximum Gasteiger partial charge on any atom is 0.244 e.